The van der Waals surface area contributed by atoms with Gasteiger partial charge in [-0.1, -0.05) is 6.92 Å². The van der Waals surface area contributed by atoms with Crippen molar-refractivity contribution in [2.45, 2.75) is 26.7 Å². The van der Waals surface area contributed by atoms with E-state index in [1.165, 1.54) is 0 Å². The summed E-state index contributed by atoms with van der Waals surface area (Å²) >= 11 is 0. The van der Waals surface area contributed by atoms with Crippen LogP contribution in [0.3, 0.4) is 0 Å². The van der Waals surface area contributed by atoms with Gasteiger partial charge in [0.1, 0.15) is 0 Å². The van der Waals surface area contributed by atoms with E-state index in [4.69, 9.17) is 0 Å². The number of pyridine rings is 1. The maximum Gasteiger partial charge on any atom is 0.255 e. The molecule has 2 aromatic heterocycles. The molecule has 1 aliphatic heterocycles. The number of nitrogens with zero attached hydrogens (tertiary/aromatic N) is 3. The lowest BCUT2D eigenvalue weighted by Gasteiger charge is -2.32. The molecule has 0 saturated carbocycles. The Bertz CT molecular complexity index is 668. The molecule has 0 atom stereocenters. The van der Waals surface area contributed by atoms with Crippen LogP contribution in [0, 0.1) is 12.8 Å². The zero-order chi connectivity index (χ0) is 15.5. The zero-order valence-electron chi connectivity index (χ0n) is 14.0. The van der Waals surface area contributed by atoms with E-state index in [0.717, 1.165) is 50.1 Å². The minimum Gasteiger partial charge on any atom is -0.339 e. The van der Waals surface area contributed by atoms with Gasteiger partial charge in [0, 0.05) is 30.4 Å². The molecule has 1 saturated heterocycles. The van der Waals surface area contributed by atoms with E-state index in [-0.39, 0.29) is 30.7 Å². The smallest absolute Gasteiger partial charge is 0.255 e. The fourth-order valence-electron chi connectivity index (χ4n) is 3.01. The normalized spacial score (nSPS) is 15.0. The molecule has 8 heteroatoms. The summed E-state index contributed by atoms with van der Waals surface area (Å²) in [4.78, 5) is 18.9. The van der Waals surface area contributed by atoms with Gasteiger partial charge >= 0.3 is 0 Å². The number of likely N-dealkylation sites (tertiary alicyclic amines) is 1. The van der Waals surface area contributed by atoms with Gasteiger partial charge in [0.05, 0.1) is 5.56 Å². The van der Waals surface area contributed by atoms with Crippen LogP contribution in [0.2, 0.25) is 0 Å². The van der Waals surface area contributed by atoms with E-state index in [0.29, 0.717) is 17.1 Å². The van der Waals surface area contributed by atoms with E-state index in [1.54, 1.807) is 6.20 Å². The van der Waals surface area contributed by atoms with E-state index in [9.17, 15) is 4.79 Å². The van der Waals surface area contributed by atoms with Crippen LogP contribution < -0.4 is 5.32 Å². The molecule has 1 amide bonds. The Morgan fingerprint density at radius 2 is 2.08 bits per heavy atom. The highest BCUT2D eigenvalue weighted by molar-refractivity contribution is 5.97. The predicted molar refractivity (Wildman–Crippen MR) is 100 cm³/mol. The second-order valence-corrected chi connectivity index (χ2v) is 5.99. The van der Waals surface area contributed by atoms with Crippen molar-refractivity contribution < 1.29 is 4.79 Å². The molecule has 2 N–H and O–H groups in total. The number of carbonyl (C=O) groups is 1. The number of nitrogens with one attached hydrogen (secondary N) is 2. The number of hydrogen-bond donors (Lipinski definition) is 2. The lowest BCUT2D eigenvalue weighted by molar-refractivity contribution is 0.0690. The third-order valence-electron chi connectivity index (χ3n) is 4.43. The summed E-state index contributed by atoms with van der Waals surface area (Å²) in [5.74, 6) is 0.762. The molecule has 134 valence electrons. The Morgan fingerprint density at radius 3 is 2.75 bits per heavy atom. The Hall–Kier alpha value is -1.37. The summed E-state index contributed by atoms with van der Waals surface area (Å²) < 4.78 is 0. The second-order valence-electron chi connectivity index (χ2n) is 5.99. The van der Waals surface area contributed by atoms with Gasteiger partial charge in [0.15, 0.2) is 5.65 Å². The number of amides is 1. The Kier molecular flexibility index (Phi) is 7.93. The molecule has 0 bridgehead atoms. The van der Waals surface area contributed by atoms with Crippen molar-refractivity contribution in [3.63, 3.8) is 0 Å². The van der Waals surface area contributed by atoms with Gasteiger partial charge in [-0.15, -0.1) is 24.8 Å². The van der Waals surface area contributed by atoms with Crippen molar-refractivity contribution >= 4 is 41.8 Å². The minimum atomic E-state index is 0. The van der Waals surface area contributed by atoms with Crippen LogP contribution in [-0.2, 0) is 0 Å². The molecule has 0 aliphatic carbocycles. The molecule has 3 heterocycles. The number of halogens is 2. The third kappa shape index (κ3) is 4.37. The number of piperidine rings is 1. The van der Waals surface area contributed by atoms with Crippen LogP contribution in [0.25, 0.3) is 11.0 Å². The fourth-order valence-corrected chi connectivity index (χ4v) is 3.01. The summed E-state index contributed by atoms with van der Waals surface area (Å²) in [6, 6.07) is 1.90. The summed E-state index contributed by atoms with van der Waals surface area (Å²) in [6.07, 6.45) is 3.77. The highest BCUT2D eigenvalue weighted by Gasteiger charge is 2.24. The molecule has 3 rings (SSSR count). The summed E-state index contributed by atoms with van der Waals surface area (Å²) in [5, 5.41) is 11.3. The lowest BCUT2D eigenvalue weighted by atomic mass is 9.96. The quantitative estimate of drug-likeness (QED) is 0.863. The number of fused-ring (bicyclic) bond motifs is 1. The Labute approximate surface area is 154 Å². The molecular weight excluding hydrogens is 349 g/mol. The number of aromatic amines is 1. The van der Waals surface area contributed by atoms with Crippen LogP contribution in [-0.4, -0.2) is 52.2 Å². The van der Waals surface area contributed by atoms with Gasteiger partial charge in [0.2, 0.25) is 0 Å². The number of carbonyl (C=O) groups excluding carboxylic acids is 1. The summed E-state index contributed by atoms with van der Waals surface area (Å²) in [5.41, 5.74) is 2.27. The molecule has 1 aliphatic rings. The molecule has 2 aromatic rings. The molecule has 6 nitrogen and oxygen atoms in total. The van der Waals surface area contributed by atoms with E-state index in [1.807, 2.05) is 17.9 Å². The zero-order valence-corrected chi connectivity index (χ0v) is 15.7. The van der Waals surface area contributed by atoms with Crippen molar-refractivity contribution in [3.8, 4) is 0 Å². The average Bonchev–Trinajstić information content (AvgIpc) is 2.93. The number of hydrogen-bond acceptors (Lipinski definition) is 4. The molecule has 0 unspecified atom stereocenters. The number of H-pyrrole nitrogens is 1. The maximum atomic E-state index is 12.6. The Balaban J connectivity index is 0.00000144. The molecule has 0 radical (unpaired) electrons. The van der Waals surface area contributed by atoms with E-state index in [2.05, 4.69) is 27.4 Å². The molecule has 1 fully saturated rings. The summed E-state index contributed by atoms with van der Waals surface area (Å²) in [6.45, 7) is 7.79. The highest BCUT2D eigenvalue weighted by Crippen LogP contribution is 2.20. The average molecular weight is 374 g/mol. The van der Waals surface area contributed by atoms with E-state index < -0.39 is 0 Å². The van der Waals surface area contributed by atoms with Gasteiger partial charge in [-0.25, -0.2) is 4.98 Å². The fraction of sp³-hybridized carbons (Fsp3) is 0.562. The van der Waals surface area contributed by atoms with Gasteiger partial charge in [-0.2, -0.15) is 5.10 Å². The molecule has 0 aromatic carbocycles. The topological polar surface area (TPSA) is 73.9 Å². The van der Waals surface area contributed by atoms with Gasteiger partial charge < -0.3 is 10.2 Å². The first-order valence-corrected chi connectivity index (χ1v) is 7.99. The lowest BCUT2D eigenvalue weighted by Crippen LogP contribution is -2.40. The van der Waals surface area contributed by atoms with Crippen LogP contribution in [0.5, 0.6) is 0 Å². The molecule has 24 heavy (non-hydrogen) atoms. The van der Waals surface area contributed by atoms with Crippen molar-refractivity contribution in [2.24, 2.45) is 5.92 Å². The summed E-state index contributed by atoms with van der Waals surface area (Å²) in [7, 11) is 0. The first-order valence-electron chi connectivity index (χ1n) is 7.99. The third-order valence-corrected chi connectivity index (χ3v) is 4.43. The standard InChI is InChI=1S/C16H23N5O.2ClH/c1-3-17-9-12-4-6-21(7-5-12)16(22)13-8-14-11(2)19-20-15(14)18-10-13;;/h8,10,12,17H,3-7,9H2,1-2H3,(H,18,19,20);2*1H. The molecular formula is C16H25Cl2N5O. The minimum absolute atomic E-state index is 0. The van der Waals surface area contributed by atoms with Crippen molar-refractivity contribution in [1.29, 1.82) is 0 Å². The van der Waals surface area contributed by atoms with Gasteiger partial charge in [0.25, 0.3) is 5.91 Å². The van der Waals surface area contributed by atoms with Crippen molar-refractivity contribution in [1.82, 2.24) is 25.4 Å². The monoisotopic (exact) mass is 373 g/mol. The first-order chi connectivity index (χ1) is 10.7. The number of aromatic nitrogens is 3. The second kappa shape index (κ2) is 9.20. The van der Waals surface area contributed by atoms with Gasteiger partial charge in [-0.3, -0.25) is 9.89 Å². The maximum absolute atomic E-state index is 12.6. The largest absolute Gasteiger partial charge is 0.339 e. The van der Waals surface area contributed by atoms with Crippen molar-refractivity contribution in [3.05, 3.63) is 23.5 Å². The first kappa shape index (κ1) is 20.7. The number of aryl methyl sites for hydroxylation is 1. The van der Waals surface area contributed by atoms with Crippen LogP contribution in [0.4, 0.5) is 0 Å². The van der Waals surface area contributed by atoms with Gasteiger partial charge in [-0.05, 0) is 44.8 Å². The van der Waals surface area contributed by atoms with Crippen LogP contribution in [0.1, 0.15) is 35.8 Å². The SMILES string of the molecule is CCNCC1CCN(C(=O)c2cnc3n[nH]c(C)c3c2)CC1.Cl.Cl. The van der Waals surface area contributed by atoms with Crippen LogP contribution >= 0.6 is 24.8 Å². The predicted octanol–water partition coefficient (Wildman–Crippen LogP) is 2.57. The Morgan fingerprint density at radius 1 is 1.38 bits per heavy atom. The number of rotatable bonds is 4. The highest BCUT2D eigenvalue weighted by atomic mass is 35.5. The van der Waals surface area contributed by atoms with Crippen LogP contribution in [0.15, 0.2) is 12.3 Å². The molecule has 0 spiro atoms. The van der Waals surface area contributed by atoms with Crippen molar-refractivity contribution in [2.75, 3.05) is 26.2 Å². The van der Waals surface area contributed by atoms with E-state index >= 15 is 0 Å².